The van der Waals surface area contributed by atoms with Crippen molar-refractivity contribution in [3.8, 4) is 0 Å². The smallest absolute Gasteiger partial charge is 0.346 e. The van der Waals surface area contributed by atoms with Crippen LogP contribution >= 0.6 is 11.9 Å². The third kappa shape index (κ3) is 3.80. The van der Waals surface area contributed by atoms with Crippen LogP contribution in [0.3, 0.4) is 0 Å². The van der Waals surface area contributed by atoms with E-state index < -0.39 is 18.1 Å². The van der Waals surface area contributed by atoms with Crippen molar-refractivity contribution in [2.75, 3.05) is 27.5 Å². The first kappa shape index (κ1) is 16.6. The molecule has 0 saturated carbocycles. The van der Waals surface area contributed by atoms with E-state index in [1.54, 1.807) is 6.26 Å². The molecule has 0 bridgehead atoms. The van der Waals surface area contributed by atoms with Crippen LogP contribution in [0.4, 0.5) is 9.59 Å². The van der Waals surface area contributed by atoms with Crippen LogP contribution in [0.25, 0.3) is 0 Å². The van der Waals surface area contributed by atoms with Crippen LogP contribution < -0.4 is 0 Å². The molecule has 0 spiro atoms. The van der Waals surface area contributed by atoms with Crippen molar-refractivity contribution in [3.63, 3.8) is 0 Å². The Balaban J connectivity index is 5.26. The normalized spacial score (nSPS) is 9.94. The van der Waals surface area contributed by atoms with Crippen molar-refractivity contribution in [2.45, 2.75) is 19.9 Å². The molecule has 4 amide bonds. The predicted molar refractivity (Wildman–Crippen MR) is 71.5 cm³/mol. The lowest BCUT2D eigenvalue weighted by Gasteiger charge is -2.30. The van der Waals surface area contributed by atoms with Crippen LogP contribution in [0.1, 0.15) is 13.8 Å². The van der Waals surface area contributed by atoms with E-state index in [0.717, 1.165) is 0 Å². The highest BCUT2D eigenvalue weighted by Crippen LogP contribution is 2.15. The topological polar surface area (TPSA) is 76.9 Å². The molecule has 0 aromatic carbocycles. The number of nitrogens with zero attached hydrogens (tertiary/aromatic N) is 3. The quantitative estimate of drug-likeness (QED) is 0.473. The van der Waals surface area contributed by atoms with Gasteiger partial charge in [-0.15, -0.1) is 0 Å². The van der Waals surface area contributed by atoms with Gasteiger partial charge in [0.1, 0.15) is 0 Å². The van der Waals surface area contributed by atoms with Gasteiger partial charge in [-0.3, -0.25) is 9.71 Å². The van der Waals surface area contributed by atoms with E-state index in [1.165, 1.54) is 42.4 Å². The first-order valence-electron chi connectivity index (χ1n) is 5.29. The highest BCUT2D eigenvalue weighted by atomic mass is 32.2. The summed E-state index contributed by atoms with van der Waals surface area (Å²) >= 11 is 1.19. The van der Waals surface area contributed by atoms with Crippen LogP contribution in [-0.2, 0) is 4.74 Å². The van der Waals surface area contributed by atoms with E-state index in [9.17, 15) is 9.59 Å². The van der Waals surface area contributed by atoms with E-state index in [0.29, 0.717) is 4.90 Å². The van der Waals surface area contributed by atoms with Crippen molar-refractivity contribution in [3.05, 3.63) is 0 Å². The van der Waals surface area contributed by atoms with Gasteiger partial charge in [-0.2, -0.15) is 4.90 Å². The molecule has 104 valence electrons. The molecule has 0 fully saturated rings. The minimum absolute atomic E-state index is 0.102. The largest absolute Gasteiger partial charge is 0.468 e. The highest BCUT2D eigenvalue weighted by Gasteiger charge is 2.33. The standard InChI is InChI=1S/C10H20N4O3S/c1-7(2)14(18-6)10(16)13(8(11)17-5)9(15)12(3)4/h7,11H,1-6H3. The van der Waals surface area contributed by atoms with Crippen LogP contribution in [0, 0.1) is 5.41 Å². The summed E-state index contributed by atoms with van der Waals surface area (Å²) in [5, 5.41) is 7.56. The van der Waals surface area contributed by atoms with Gasteiger partial charge in [0.15, 0.2) is 0 Å². The van der Waals surface area contributed by atoms with Gasteiger partial charge in [-0.1, -0.05) is 0 Å². The summed E-state index contributed by atoms with van der Waals surface area (Å²) in [5.74, 6) is 0. The molecule has 0 atom stereocenters. The average molecular weight is 276 g/mol. The summed E-state index contributed by atoms with van der Waals surface area (Å²) in [6, 6.07) is -1.82. The van der Waals surface area contributed by atoms with E-state index in [4.69, 9.17) is 5.41 Å². The van der Waals surface area contributed by atoms with Crippen LogP contribution in [0.5, 0.6) is 0 Å². The molecule has 0 unspecified atom stereocenters. The molecule has 0 aliphatic carbocycles. The Labute approximate surface area is 112 Å². The number of hydrogen-bond donors (Lipinski definition) is 1. The van der Waals surface area contributed by atoms with E-state index in [-0.39, 0.29) is 6.04 Å². The Kier molecular flexibility index (Phi) is 6.53. The van der Waals surface area contributed by atoms with Gasteiger partial charge >= 0.3 is 18.1 Å². The van der Waals surface area contributed by atoms with E-state index in [2.05, 4.69) is 4.74 Å². The number of carbonyl (C=O) groups excluding carboxylic acids is 2. The summed E-state index contributed by atoms with van der Waals surface area (Å²) in [6.07, 6.45) is 1.73. The maximum absolute atomic E-state index is 12.2. The summed E-state index contributed by atoms with van der Waals surface area (Å²) in [7, 11) is 4.25. The molecule has 0 aliphatic heterocycles. The zero-order valence-electron chi connectivity index (χ0n) is 11.6. The third-order valence-electron chi connectivity index (χ3n) is 2.02. The Bertz CT molecular complexity index is 333. The first-order valence-corrected chi connectivity index (χ1v) is 6.47. The molecule has 0 aromatic rings. The fourth-order valence-corrected chi connectivity index (χ4v) is 1.81. The van der Waals surface area contributed by atoms with Gasteiger partial charge in [-0.25, -0.2) is 9.59 Å². The first-order chi connectivity index (χ1) is 8.27. The third-order valence-corrected chi connectivity index (χ3v) is 2.99. The molecule has 7 nitrogen and oxygen atoms in total. The number of hydrogen-bond acceptors (Lipinski definition) is 5. The molecule has 0 rings (SSSR count). The van der Waals surface area contributed by atoms with E-state index in [1.807, 2.05) is 13.8 Å². The van der Waals surface area contributed by atoms with Gasteiger partial charge in [-0.05, 0) is 25.8 Å². The van der Waals surface area contributed by atoms with Crippen LogP contribution in [-0.4, -0.2) is 65.7 Å². The number of amidine groups is 1. The molecule has 0 radical (unpaired) electrons. The molecular weight excluding hydrogens is 256 g/mol. The fourth-order valence-electron chi connectivity index (χ4n) is 1.16. The number of nitrogens with one attached hydrogen (secondary N) is 1. The average Bonchev–Trinajstić information content (AvgIpc) is 2.28. The number of amides is 4. The fraction of sp³-hybridized carbons (Fsp3) is 0.700. The zero-order valence-corrected chi connectivity index (χ0v) is 12.4. The van der Waals surface area contributed by atoms with Crippen molar-refractivity contribution < 1.29 is 14.3 Å². The van der Waals surface area contributed by atoms with E-state index >= 15 is 0 Å². The monoisotopic (exact) mass is 276 g/mol. The second-order valence-corrected chi connectivity index (χ2v) is 4.66. The van der Waals surface area contributed by atoms with Gasteiger partial charge in [0.25, 0.3) is 0 Å². The zero-order chi connectivity index (χ0) is 14.5. The molecule has 18 heavy (non-hydrogen) atoms. The molecule has 8 heteroatoms. The van der Waals surface area contributed by atoms with Crippen molar-refractivity contribution >= 4 is 30.0 Å². The van der Waals surface area contributed by atoms with Gasteiger partial charge in [0.05, 0.1) is 7.11 Å². The van der Waals surface area contributed by atoms with Crippen LogP contribution in [0.2, 0.25) is 0 Å². The van der Waals surface area contributed by atoms with Gasteiger partial charge in [0.2, 0.25) is 0 Å². The molecule has 0 saturated heterocycles. The number of imide groups is 1. The Morgan fingerprint density at radius 1 is 1.22 bits per heavy atom. The molecule has 1 N–H and O–H groups in total. The lowest BCUT2D eigenvalue weighted by molar-refractivity contribution is 0.166. The number of carbonyl (C=O) groups is 2. The maximum Gasteiger partial charge on any atom is 0.346 e. The van der Waals surface area contributed by atoms with Crippen molar-refractivity contribution in [1.29, 1.82) is 5.41 Å². The Morgan fingerprint density at radius 3 is 2.00 bits per heavy atom. The molecular formula is C10H20N4O3S. The van der Waals surface area contributed by atoms with Crippen molar-refractivity contribution in [1.82, 2.24) is 14.1 Å². The molecule has 0 heterocycles. The number of urea groups is 2. The lowest BCUT2D eigenvalue weighted by Crippen LogP contribution is -2.52. The van der Waals surface area contributed by atoms with Crippen molar-refractivity contribution in [2.24, 2.45) is 0 Å². The second-order valence-electron chi connectivity index (χ2n) is 3.91. The Hall–Kier alpha value is -1.44. The minimum Gasteiger partial charge on any atom is -0.468 e. The Morgan fingerprint density at radius 2 is 1.72 bits per heavy atom. The second kappa shape index (κ2) is 7.10. The lowest BCUT2D eigenvalue weighted by atomic mass is 10.4. The SMILES string of the molecule is COC(=N)N(C(=O)N(C)C)C(=O)N(SC)C(C)C. The van der Waals surface area contributed by atoms with Crippen LogP contribution in [0.15, 0.2) is 0 Å². The maximum atomic E-state index is 12.2. The summed E-state index contributed by atoms with van der Waals surface area (Å²) in [6.45, 7) is 3.65. The summed E-state index contributed by atoms with van der Waals surface area (Å²) < 4.78 is 6.08. The van der Waals surface area contributed by atoms with Gasteiger partial charge in [0, 0.05) is 26.4 Å². The minimum atomic E-state index is -0.619. The number of ether oxygens (including phenoxy) is 1. The predicted octanol–water partition coefficient (Wildman–Crippen LogP) is 1.66. The molecule has 0 aromatic heterocycles. The molecule has 0 aliphatic rings. The highest BCUT2D eigenvalue weighted by molar-refractivity contribution is 7.96. The number of methoxy groups -OCH3 is 1. The summed E-state index contributed by atoms with van der Waals surface area (Å²) in [4.78, 5) is 26.0. The van der Waals surface area contributed by atoms with Gasteiger partial charge < -0.3 is 9.64 Å². The number of rotatable bonds is 2. The summed E-state index contributed by atoms with van der Waals surface area (Å²) in [5.41, 5.74) is 0.